The Hall–Kier alpha value is -5.92. The van der Waals surface area contributed by atoms with Crippen molar-refractivity contribution in [2.75, 3.05) is 0 Å². The van der Waals surface area contributed by atoms with E-state index in [0.29, 0.717) is 16.7 Å². The van der Waals surface area contributed by atoms with E-state index in [-0.39, 0.29) is 29.7 Å². The van der Waals surface area contributed by atoms with Crippen molar-refractivity contribution >= 4 is 43.5 Å². The van der Waals surface area contributed by atoms with Gasteiger partial charge in [0.1, 0.15) is 11.2 Å². The van der Waals surface area contributed by atoms with Crippen molar-refractivity contribution in [3.8, 4) is 44.5 Å². The van der Waals surface area contributed by atoms with E-state index in [1.807, 2.05) is 18.2 Å². The van der Waals surface area contributed by atoms with Crippen LogP contribution in [0.5, 0.6) is 0 Å². The molecule has 0 fully saturated rings. The zero-order chi connectivity index (χ0) is 34.1. The van der Waals surface area contributed by atoms with Gasteiger partial charge in [-0.3, -0.25) is 0 Å². The number of fused-ring (bicyclic) bond motifs is 5. The Kier molecular flexibility index (Phi) is 4.81. The van der Waals surface area contributed by atoms with Crippen LogP contribution >= 0.6 is 0 Å². The summed E-state index contributed by atoms with van der Waals surface area (Å²) in [5.41, 5.74) is 8.55. The average molecular weight is 578 g/mol. The first-order chi connectivity index (χ1) is 24.4. The van der Waals surface area contributed by atoms with Gasteiger partial charge in [-0.2, -0.15) is 0 Å². The van der Waals surface area contributed by atoms with Crippen molar-refractivity contribution in [1.29, 1.82) is 0 Å². The summed E-state index contributed by atoms with van der Waals surface area (Å²) in [6, 6.07) is 46.4. The molecule has 0 unspecified atom stereocenters. The monoisotopic (exact) mass is 577 g/mol. The quantitative estimate of drug-likeness (QED) is 0.190. The molecule has 1 nitrogen and oxygen atoms in total. The van der Waals surface area contributed by atoms with Gasteiger partial charge in [-0.05, 0) is 72.6 Å². The summed E-state index contributed by atoms with van der Waals surface area (Å²) in [4.78, 5) is 0. The zero-order valence-corrected chi connectivity index (χ0v) is 24.2. The topological polar surface area (TPSA) is 13.1 Å². The Morgan fingerprint density at radius 2 is 0.911 bits per heavy atom. The number of para-hydroxylation sites is 1. The highest BCUT2D eigenvalue weighted by molar-refractivity contribution is 6.22. The molecule has 0 saturated carbocycles. The lowest BCUT2D eigenvalue weighted by atomic mass is 9.85. The Balaban J connectivity index is 1.25. The molecule has 0 aliphatic heterocycles. The van der Waals surface area contributed by atoms with Gasteiger partial charge in [0.05, 0.1) is 6.85 Å². The lowest BCUT2D eigenvalue weighted by molar-refractivity contribution is 0.670. The maximum absolute atomic E-state index is 8.60. The molecule has 210 valence electrons. The Labute approximate surface area is 268 Å². The van der Waals surface area contributed by atoms with Crippen molar-refractivity contribution in [3.05, 3.63) is 170 Å². The van der Waals surface area contributed by atoms with Crippen LogP contribution < -0.4 is 0 Å². The molecule has 1 heteroatoms. The Morgan fingerprint density at radius 1 is 0.378 bits per heavy atom. The van der Waals surface area contributed by atoms with Crippen LogP contribution in [-0.4, -0.2) is 0 Å². The highest BCUT2D eigenvalue weighted by atomic mass is 16.3. The van der Waals surface area contributed by atoms with Crippen molar-refractivity contribution < 1.29 is 11.3 Å². The van der Waals surface area contributed by atoms with Gasteiger partial charge in [0.2, 0.25) is 0 Å². The largest absolute Gasteiger partial charge is 0.455 e. The first kappa shape index (κ1) is 20.9. The number of rotatable bonds is 4. The molecule has 9 aromatic rings. The predicted molar refractivity (Wildman–Crippen MR) is 190 cm³/mol. The second-order valence-electron chi connectivity index (χ2n) is 11.3. The molecule has 0 saturated heterocycles. The average Bonchev–Trinajstić information content (AvgIpc) is 3.54. The van der Waals surface area contributed by atoms with Crippen LogP contribution in [0.2, 0.25) is 0 Å². The maximum atomic E-state index is 8.60. The molecule has 0 atom stereocenters. The normalized spacial score (nSPS) is 13.1. The third-order valence-electron chi connectivity index (χ3n) is 8.77. The number of hydrogen-bond acceptors (Lipinski definition) is 1. The number of furan rings is 1. The first-order valence-electron chi connectivity index (χ1n) is 17.5. The lowest BCUT2D eigenvalue weighted by Gasteiger charge is -2.18. The van der Waals surface area contributed by atoms with E-state index in [2.05, 4.69) is 115 Å². The summed E-state index contributed by atoms with van der Waals surface area (Å²) in [7, 11) is 0. The van der Waals surface area contributed by atoms with E-state index in [1.165, 1.54) is 16.7 Å². The standard InChI is InChI=1S/C44H28O/c1-3-12-29(13-4-1)30-22-24-32(25-23-30)42-36-16-7-9-18-38(36)43(39-19-10-8-17-37(39)42)33-26-27-35-40-21-11-20-34(31-14-5-2-6-15-31)44(40)45-41(35)28-33/h1-28H/i2D,5D,6D,14D,15D. The van der Waals surface area contributed by atoms with Crippen molar-refractivity contribution in [3.63, 3.8) is 0 Å². The van der Waals surface area contributed by atoms with Gasteiger partial charge >= 0.3 is 0 Å². The molecular weight excluding hydrogens is 544 g/mol. The van der Waals surface area contributed by atoms with Crippen molar-refractivity contribution in [2.24, 2.45) is 0 Å². The molecular formula is C44H28O. The van der Waals surface area contributed by atoms with Gasteiger partial charge in [-0.15, -0.1) is 0 Å². The van der Waals surface area contributed by atoms with E-state index in [9.17, 15) is 0 Å². The molecule has 1 heterocycles. The van der Waals surface area contributed by atoms with Gasteiger partial charge in [-0.1, -0.05) is 158 Å². The minimum atomic E-state index is -0.417. The lowest BCUT2D eigenvalue weighted by Crippen LogP contribution is -1.91. The second kappa shape index (κ2) is 10.4. The van der Waals surface area contributed by atoms with Crippen molar-refractivity contribution in [2.45, 2.75) is 0 Å². The molecule has 45 heavy (non-hydrogen) atoms. The summed E-state index contributed by atoms with van der Waals surface area (Å²) in [5, 5.41) is 6.28. The molecule has 8 aromatic carbocycles. The number of benzene rings is 8. The van der Waals surface area contributed by atoms with E-state index >= 15 is 0 Å². The van der Waals surface area contributed by atoms with Crippen LogP contribution in [-0.2, 0) is 0 Å². The highest BCUT2D eigenvalue weighted by Crippen LogP contribution is 2.45. The molecule has 0 N–H and O–H groups in total. The Bertz CT molecular complexity index is 2720. The fourth-order valence-corrected chi connectivity index (χ4v) is 6.75. The van der Waals surface area contributed by atoms with E-state index in [1.54, 1.807) is 6.07 Å². The van der Waals surface area contributed by atoms with E-state index < -0.39 is 6.04 Å². The summed E-state index contributed by atoms with van der Waals surface area (Å²) in [6.45, 7) is 0. The SMILES string of the molecule is [2H]c1c([2H])c([2H])c(-c2cccc3c2oc2cc(-c4c5ccccc5c(-c5ccc(-c6ccccc6)cc5)c5ccccc45)ccc23)c([2H])c1[2H]. The summed E-state index contributed by atoms with van der Waals surface area (Å²) < 4.78 is 48.3. The van der Waals surface area contributed by atoms with Crippen LogP contribution in [0.3, 0.4) is 0 Å². The molecule has 9 rings (SSSR count). The predicted octanol–water partition coefficient (Wildman–Crippen LogP) is 12.6. The summed E-state index contributed by atoms with van der Waals surface area (Å²) in [6.07, 6.45) is 0. The molecule has 1 aromatic heterocycles. The van der Waals surface area contributed by atoms with Crippen LogP contribution in [0.1, 0.15) is 6.85 Å². The zero-order valence-electron chi connectivity index (χ0n) is 29.2. The van der Waals surface area contributed by atoms with Crippen molar-refractivity contribution in [1.82, 2.24) is 0 Å². The molecule has 0 bridgehead atoms. The molecule has 0 radical (unpaired) electrons. The van der Waals surface area contributed by atoms with Crippen LogP contribution in [0.25, 0.3) is 88.0 Å². The summed E-state index contributed by atoms with van der Waals surface area (Å²) >= 11 is 0. The first-order valence-corrected chi connectivity index (χ1v) is 15.0. The van der Waals surface area contributed by atoms with E-state index in [4.69, 9.17) is 11.3 Å². The third kappa shape index (κ3) is 4.17. The second-order valence-corrected chi connectivity index (χ2v) is 11.3. The number of hydrogen-bond donors (Lipinski definition) is 0. The van der Waals surface area contributed by atoms with Crippen LogP contribution in [0.15, 0.2) is 174 Å². The fourth-order valence-electron chi connectivity index (χ4n) is 6.75. The Morgan fingerprint density at radius 3 is 1.58 bits per heavy atom. The van der Waals surface area contributed by atoms with Gasteiger partial charge in [0, 0.05) is 16.3 Å². The van der Waals surface area contributed by atoms with Gasteiger partial charge in [0.15, 0.2) is 0 Å². The third-order valence-corrected chi connectivity index (χ3v) is 8.77. The molecule has 0 aliphatic carbocycles. The minimum Gasteiger partial charge on any atom is -0.455 e. The summed E-state index contributed by atoms with van der Waals surface area (Å²) in [5.74, 6) is 0. The smallest absolute Gasteiger partial charge is 0.143 e. The van der Waals surface area contributed by atoms with E-state index in [0.717, 1.165) is 49.0 Å². The van der Waals surface area contributed by atoms with Crippen LogP contribution in [0.4, 0.5) is 0 Å². The van der Waals surface area contributed by atoms with Gasteiger partial charge in [-0.25, -0.2) is 0 Å². The molecule has 0 spiro atoms. The van der Waals surface area contributed by atoms with Gasteiger partial charge in [0.25, 0.3) is 0 Å². The van der Waals surface area contributed by atoms with Gasteiger partial charge < -0.3 is 4.42 Å². The maximum Gasteiger partial charge on any atom is 0.143 e. The molecule has 0 amide bonds. The van der Waals surface area contributed by atoms with Crippen LogP contribution in [0, 0.1) is 0 Å². The molecule has 0 aliphatic rings. The highest BCUT2D eigenvalue weighted by Gasteiger charge is 2.18. The fraction of sp³-hybridized carbons (Fsp3) is 0. The minimum absolute atomic E-state index is 0.130.